The lowest BCUT2D eigenvalue weighted by Gasteiger charge is -2.36. The van der Waals surface area contributed by atoms with Gasteiger partial charge in [0.15, 0.2) is 12.4 Å². The highest BCUT2D eigenvalue weighted by Gasteiger charge is 2.40. The van der Waals surface area contributed by atoms with Gasteiger partial charge in [0.1, 0.15) is 18.0 Å². The molecule has 0 aliphatic carbocycles. The minimum atomic E-state index is -1.21. The number of rotatable bonds is 3. The molecule has 110 valence electrons. The highest BCUT2D eigenvalue weighted by Crippen LogP contribution is 2.19. The highest BCUT2D eigenvalue weighted by molar-refractivity contribution is 7.79. The summed E-state index contributed by atoms with van der Waals surface area (Å²) >= 11 is 4.94. The quantitative estimate of drug-likeness (QED) is 0.785. The van der Waals surface area contributed by atoms with Crippen LogP contribution < -0.4 is 4.74 Å². The molecule has 2 rings (SSSR count). The van der Waals surface area contributed by atoms with E-state index in [2.05, 4.69) is 0 Å². The van der Waals surface area contributed by atoms with Crippen molar-refractivity contribution < 1.29 is 29.2 Å². The zero-order chi connectivity index (χ0) is 14.5. The summed E-state index contributed by atoms with van der Waals surface area (Å²) in [6.07, 6.45) is -4.08. The van der Waals surface area contributed by atoms with Crippen LogP contribution in [-0.2, 0) is 14.2 Å². The molecule has 0 amide bonds. The summed E-state index contributed by atoms with van der Waals surface area (Å²) in [4.78, 5) is 0. The molecule has 0 aromatic heterocycles. The van der Waals surface area contributed by atoms with Crippen molar-refractivity contribution in [2.75, 3.05) is 13.7 Å². The average Bonchev–Trinajstić information content (AvgIpc) is 2.45. The Kier molecular flexibility index (Phi) is 5.27. The van der Waals surface area contributed by atoms with Crippen molar-refractivity contribution in [1.82, 2.24) is 0 Å². The molecule has 1 aliphatic heterocycles. The van der Waals surface area contributed by atoms with Gasteiger partial charge in [0, 0.05) is 19.3 Å². The van der Waals surface area contributed by atoms with Crippen LogP contribution in [0.25, 0.3) is 0 Å². The summed E-state index contributed by atoms with van der Waals surface area (Å²) in [6.45, 7) is 0.0367. The molecule has 0 bridgehead atoms. The summed E-state index contributed by atoms with van der Waals surface area (Å²) in [5.41, 5.74) is 0. The third-order valence-corrected chi connectivity index (χ3v) is 3.04. The Morgan fingerprint density at radius 1 is 1.25 bits per heavy atom. The van der Waals surface area contributed by atoms with Crippen LogP contribution in [0, 0.1) is 0 Å². The van der Waals surface area contributed by atoms with Crippen LogP contribution in [0.15, 0.2) is 30.3 Å². The summed E-state index contributed by atoms with van der Waals surface area (Å²) in [5.74, 6) is 0.527. The van der Waals surface area contributed by atoms with E-state index in [1.807, 2.05) is 6.07 Å². The van der Waals surface area contributed by atoms with E-state index >= 15 is 0 Å². The molecule has 0 radical (unpaired) electrons. The lowest BCUT2D eigenvalue weighted by atomic mass is 10.1. The molecule has 0 unspecified atom stereocenters. The van der Waals surface area contributed by atoms with Gasteiger partial charge in [-0.3, -0.25) is 0 Å². The molecule has 1 fully saturated rings. The second-order valence-corrected chi connectivity index (χ2v) is 4.57. The second-order valence-electron chi connectivity index (χ2n) is 4.24. The van der Waals surface area contributed by atoms with Gasteiger partial charge in [0.2, 0.25) is 0 Å². The maximum absolute atomic E-state index is 9.90. The summed E-state index contributed by atoms with van der Waals surface area (Å²) in [7, 11) is 1.38. The molecule has 1 aromatic rings. The van der Waals surface area contributed by atoms with E-state index in [9.17, 15) is 10.2 Å². The lowest BCUT2D eigenvalue weighted by molar-refractivity contribution is -0.260. The molecule has 1 heterocycles. The van der Waals surface area contributed by atoms with Crippen LogP contribution in [0.5, 0.6) is 5.75 Å². The minimum absolute atomic E-state index is 0.0367. The van der Waals surface area contributed by atoms with Gasteiger partial charge < -0.3 is 29.2 Å². The van der Waals surface area contributed by atoms with E-state index in [0.717, 1.165) is 0 Å². The SMILES string of the molecule is CO[C@H]1OC[C@@H](OC(=S)Oc2ccccc2)[C@H](O)[C@H]1O. The molecule has 0 saturated carbocycles. The van der Waals surface area contributed by atoms with Gasteiger partial charge >= 0.3 is 5.24 Å². The van der Waals surface area contributed by atoms with Crippen LogP contribution in [0.2, 0.25) is 0 Å². The molecule has 0 spiro atoms. The van der Waals surface area contributed by atoms with Crippen molar-refractivity contribution in [3.63, 3.8) is 0 Å². The smallest absolute Gasteiger partial charge is 0.358 e. The van der Waals surface area contributed by atoms with Crippen LogP contribution in [0.4, 0.5) is 0 Å². The molecular weight excluding hydrogens is 284 g/mol. The molecule has 1 aromatic carbocycles. The zero-order valence-corrected chi connectivity index (χ0v) is 11.7. The molecule has 7 heteroatoms. The van der Waals surface area contributed by atoms with E-state index in [1.54, 1.807) is 24.3 Å². The Bertz CT molecular complexity index is 440. The van der Waals surface area contributed by atoms with Gasteiger partial charge in [0.25, 0.3) is 0 Å². The second kappa shape index (κ2) is 6.96. The predicted molar refractivity (Wildman–Crippen MR) is 73.3 cm³/mol. The van der Waals surface area contributed by atoms with Gasteiger partial charge in [-0.1, -0.05) is 18.2 Å². The maximum Gasteiger partial charge on any atom is 0.358 e. The number of aliphatic hydroxyl groups is 2. The third kappa shape index (κ3) is 3.65. The van der Waals surface area contributed by atoms with Gasteiger partial charge in [-0.2, -0.15) is 0 Å². The fourth-order valence-corrected chi connectivity index (χ4v) is 2.03. The van der Waals surface area contributed by atoms with Gasteiger partial charge in [-0.15, -0.1) is 0 Å². The first kappa shape index (κ1) is 15.1. The van der Waals surface area contributed by atoms with E-state index in [-0.39, 0.29) is 11.8 Å². The maximum atomic E-state index is 9.90. The van der Waals surface area contributed by atoms with Crippen LogP contribution in [-0.4, -0.2) is 53.8 Å². The fourth-order valence-electron chi connectivity index (χ4n) is 1.81. The van der Waals surface area contributed by atoms with Crippen LogP contribution >= 0.6 is 12.2 Å². The number of ether oxygens (including phenoxy) is 4. The Hall–Kier alpha value is -1.25. The topological polar surface area (TPSA) is 77.4 Å². The van der Waals surface area contributed by atoms with E-state index in [4.69, 9.17) is 31.2 Å². The van der Waals surface area contributed by atoms with Crippen LogP contribution in [0.3, 0.4) is 0 Å². The Morgan fingerprint density at radius 3 is 2.60 bits per heavy atom. The fraction of sp³-hybridized carbons (Fsp3) is 0.462. The molecule has 6 nitrogen and oxygen atoms in total. The number of para-hydroxylation sites is 1. The number of hydrogen-bond donors (Lipinski definition) is 2. The third-order valence-electron chi connectivity index (χ3n) is 2.86. The highest BCUT2D eigenvalue weighted by atomic mass is 32.1. The number of hydrogen-bond acceptors (Lipinski definition) is 7. The minimum Gasteiger partial charge on any atom is -0.448 e. The molecule has 20 heavy (non-hydrogen) atoms. The summed E-state index contributed by atoms with van der Waals surface area (Å²) in [5, 5.41) is 19.5. The summed E-state index contributed by atoms with van der Waals surface area (Å²) in [6, 6.07) is 8.88. The van der Waals surface area contributed by atoms with E-state index < -0.39 is 24.6 Å². The molecular formula is C13H16O6S. The van der Waals surface area contributed by atoms with Crippen molar-refractivity contribution in [3.8, 4) is 5.75 Å². The van der Waals surface area contributed by atoms with Gasteiger partial charge in [-0.05, 0) is 12.1 Å². The van der Waals surface area contributed by atoms with Crippen molar-refractivity contribution in [2.24, 2.45) is 0 Å². The average molecular weight is 300 g/mol. The first-order valence-corrected chi connectivity index (χ1v) is 6.46. The van der Waals surface area contributed by atoms with Crippen LogP contribution in [0.1, 0.15) is 0 Å². The van der Waals surface area contributed by atoms with E-state index in [1.165, 1.54) is 7.11 Å². The molecule has 1 aliphatic rings. The first-order valence-electron chi connectivity index (χ1n) is 6.06. The van der Waals surface area contributed by atoms with Gasteiger partial charge in [0.05, 0.1) is 6.61 Å². The van der Waals surface area contributed by atoms with Crippen molar-refractivity contribution >= 4 is 17.5 Å². The largest absolute Gasteiger partial charge is 0.448 e. The Balaban J connectivity index is 1.88. The Morgan fingerprint density at radius 2 is 1.95 bits per heavy atom. The normalized spacial score (nSPS) is 29.8. The number of thiocarbonyl (C=S) groups is 1. The Labute approximate surface area is 121 Å². The summed E-state index contributed by atoms with van der Waals surface area (Å²) < 4.78 is 20.6. The molecule has 1 saturated heterocycles. The standard InChI is InChI=1S/C13H16O6S/c1-16-12-11(15)10(14)9(7-17-12)19-13(20)18-8-5-3-2-4-6-8/h2-6,9-12,14-15H,7H2,1H3/t9-,10+,11-,12+/m1/s1. The lowest BCUT2D eigenvalue weighted by Crippen LogP contribution is -2.55. The predicted octanol–water partition coefficient (Wildman–Crippen LogP) is 0.460. The van der Waals surface area contributed by atoms with Crippen molar-refractivity contribution in [3.05, 3.63) is 30.3 Å². The van der Waals surface area contributed by atoms with E-state index in [0.29, 0.717) is 5.75 Å². The van der Waals surface area contributed by atoms with Gasteiger partial charge in [-0.25, -0.2) is 0 Å². The molecule has 4 atom stereocenters. The number of methoxy groups -OCH3 is 1. The first-order chi connectivity index (χ1) is 9.61. The number of aliphatic hydroxyl groups excluding tert-OH is 2. The van der Waals surface area contributed by atoms with Crippen molar-refractivity contribution in [1.29, 1.82) is 0 Å². The molecule has 2 N–H and O–H groups in total. The van der Waals surface area contributed by atoms with Crippen molar-refractivity contribution in [2.45, 2.75) is 24.6 Å². The number of benzene rings is 1. The monoisotopic (exact) mass is 300 g/mol. The zero-order valence-electron chi connectivity index (χ0n) is 10.8.